The van der Waals surface area contributed by atoms with Gasteiger partial charge in [-0.2, -0.15) is 5.10 Å². The van der Waals surface area contributed by atoms with Crippen LogP contribution in [0.3, 0.4) is 0 Å². The number of amides is 3. The Morgan fingerprint density at radius 3 is 2.58 bits per heavy atom. The SMILES string of the molecule is CCOC(=O)C1(CCCOC)CNC(=O)CN(C(=O)c2nn(C)c(=O)c3ccccc23)CCNC(=O)COc2cccc(c2)C1. The molecule has 0 saturated carbocycles. The first-order valence-electron chi connectivity index (χ1n) is 14.8. The molecule has 1 unspecified atom stereocenters. The Labute approximate surface area is 260 Å². The number of benzene rings is 2. The number of methoxy groups -OCH3 is 1. The number of ether oxygens (including phenoxy) is 3. The molecule has 2 aromatic carbocycles. The van der Waals surface area contributed by atoms with Crippen LogP contribution >= 0.6 is 0 Å². The van der Waals surface area contributed by atoms with Gasteiger partial charge in [0.25, 0.3) is 17.4 Å². The molecule has 2 bridgehead atoms. The Kier molecular flexibility index (Phi) is 11.3. The number of nitrogens with zero attached hydrogens (tertiary/aromatic N) is 3. The van der Waals surface area contributed by atoms with Gasteiger partial charge in [-0.15, -0.1) is 0 Å². The van der Waals surface area contributed by atoms with Gasteiger partial charge in [-0.05, 0) is 49.9 Å². The Morgan fingerprint density at radius 2 is 1.82 bits per heavy atom. The highest BCUT2D eigenvalue weighted by molar-refractivity contribution is 6.05. The smallest absolute Gasteiger partial charge is 0.314 e. The van der Waals surface area contributed by atoms with Crippen molar-refractivity contribution in [3.63, 3.8) is 0 Å². The van der Waals surface area contributed by atoms with Crippen LogP contribution in [0.1, 0.15) is 35.8 Å². The van der Waals surface area contributed by atoms with E-state index in [0.29, 0.717) is 36.0 Å². The summed E-state index contributed by atoms with van der Waals surface area (Å²) in [6, 6.07) is 13.7. The molecule has 0 fully saturated rings. The number of fused-ring (bicyclic) bond motifs is 3. The molecule has 1 aliphatic heterocycles. The molecule has 0 radical (unpaired) electrons. The lowest BCUT2D eigenvalue weighted by Gasteiger charge is -2.32. The molecule has 1 aliphatic rings. The van der Waals surface area contributed by atoms with E-state index in [9.17, 15) is 24.0 Å². The summed E-state index contributed by atoms with van der Waals surface area (Å²) in [5.41, 5.74) is -0.775. The number of nitrogens with one attached hydrogen (secondary N) is 2. The summed E-state index contributed by atoms with van der Waals surface area (Å²) in [6.45, 7) is 1.53. The Hall–Kier alpha value is -4.78. The van der Waals surface area contributed by atoms with Crippen molar-refractivity contribution in [2.24, 2.45) is 12.5 Å². The van der Waals surface area contributed by atoms with Gasteiger partial charge in [0, 0.05) is 45.8 Å². The van der Waals surface area contributed by atoms with Crippen molar-refractivity contribution in [1.29, 1.82) is 0 Å². The van der Waals surface area contributed by atoms with E-state index >= 15 is 0 Å². The van der Waals surface area contributed by atoms with E-state index in [1.165, 1.54) is 11.9 Å². The predicted molar refractivity (Wildman–Crippen MR) is 165 cm³/mol. The number of carbonyl (C=O) groups excluding carboxylic acids is 4. The lowest BCUT2D eigenvalue weighted by molar-refractivity contribution is -0.156. The van der Waals surface area contributed by atoms with Crippen LogP contribution in [0.4, 0.5) is 0 Å². The second-order valence-electron chi connectivity index (χ2n) is 10.9. The molecular formula is C32H39N5O8. The van der Waals surface area contributed by atoms with Gasteiger partial charge >= 0.3 is 5.97 Å². The molecule has 13 heteroatoms. The van der Waals surface area contributed by atoms with E-state index in [4.69, 9.17) is 14.2 Å². The van der Waals surface area contributed by atoms with E-state index in [0.717, 1.165) is 10.2 Å². The predicted octanol–water partition coefficient (Wildman–Crippen LogP) is 1.22. The first kappa shape index (κ1) is 33.1. The minimum absolute atomic E-state index is 0.0107. The van der Waals surface area contributed by atoms with Crippen molar-refractivity contribution in [3.05, 3.63) is 70.1 Å². The molecule has 13 nitrogen and oxygen atoms in total. The van der Waals surface area contributed by atoms with Gasteiger partial charge in [0.15, 0.2) is 12.3 Å². The van der Waals surface area contributed by atoms with Crippen LogP contribution in [0.5, 0.6) is 5.75 Å². The van der Waals surface area contributed by atoms with Gasteiger partial charge in [-0.1, -0.05) is 30.3 Å². The molecule has 240 valence electrons. The van der Waals surface area contributed by atoms with Gasteiger partial charge in [-0.3, -0.25) is 24.0 Å². The molecule has 0 saturated heterocycles. The molecule has 2 heterocycles. The fourth-order valence-corrected chi connectivity index (χ4v) is 5.35. The normalized spacial score (nSPS) is 18.1. The van der Waals surface area contributed by atoms with Crippen molar-refractivity contribution in [1.82, 2.24) is 25.3 Å². The average molecular weight is 622 g/mol. The quantitative estimate of drug-likeness (QED) is 0.292. The first-order valence-corrected chi connectivity index (χ1v) is 14.8. The monoisotopic (exact) mass is 621 g/mol. The molecule has 45 heavy (non-hydrogen) atoms. The van der Waals surface area contributed by atoms with Crippen LogP contribution in [-0.2, 0) is 37.3 Å². The number of hydrogen-bond acceptors (Lipinski definition) is 9. The van der Waals surface area contributed by atoms with Gasteiger partial charge in [0.05, 0.1) is 24.0 Å². The lowest BCUT2D eigenvalue weighted by atomic mass is 9.77. The summed E-state index contributed by atoms with van der Waals surface area (Å²) in [4.78, 5) is 67.4. The van der Waals surface area contributed by atoms with Gasteiger partial charge < -0.3 is 29.7 Å². The van der Waals surface area contributed by atoms with Crippen molar-refractivity contribution in [3.8, 4) is 5.75 Å². The minimum atomic E-state index is -1.15. The lowest BCUT2D eigenvalue weighted by Crippen LogP contribution is -2.50. The van der Waals surface area contributed by atoms with Crippen molar-refractivity contribution in [2.75, 3.05) is 53.1 Å². The molecule has 1 atom stereocenters. The second-order valence-corrected chi connectivity index (χ2v) is 10.9. The highest BCUT2D eigenvalue weighted by atomic mass is 16.5. The van der Waals surface area contributed by atoms with Crippen LogP contribution < -0.4 is 20.9 Å². The fourth-order valence-electron chi connectivity index (χ4n) is 5.35. The molecule has 3 aromatic rings. The van der Waals surface area contributed by atoms with Gasteiger partial charge in [0.2, 0.25) is 5.91 Å². The average Bonchev–Trinajstić information content (AvgIpc) is 3.03. The summed E-state index contributed by atoms with van der Waals surface area (Å²) >= 11 is 0. The maximum atomic E-state index is 13.9. The summed E-state index contributed by atoms with van der Waals surface area (Å²) < 4.78 is 17.6. The molecule has 3 amide bonds. The van der Waals surface area contributed by atoms with E-state index in [1.54, 1.807) is 56.5 Å². The van der Waals surface area contributed by atoms with E-state index in [-0.39, 0.29) is 50.5 Å². The summed E-state index contributed by atoms with van der Waals surface area (Å²) in [7, 11) is 3.02. The van der Waals surface area contributed by atoms with Crippen LogP contribution in [0.25, 0.3) is 10.8 Å². The van der Waals surface area contributed by atoms with Crippen LogP contribution in [0.2, 0.25) is 0 Å². The summed E-state index contributed by atoms with van der Waals surface area (Å²) in [6.07, 6.45) is 1.09. The zero-order valence-electron chi connectivity index (χ0n) is 25.8. The maximum Gasteiger partial charge on any atom is 0.314 e. The molecule has 1 aromatic heterocycles. The standard InChI is InChI=1S/C32H39N5O8/c1-4-44-31(42)32(13-8-16-43-3)18-22-9-7-10-23(17-22)45-20-27(39)33-14-15-37(19-26(38)34-21-32)30(41)28-24-11-5-6-12-25(24)29(40)36(2)35-28/h5-7,9-12,17H,4,8,13-16,18-21H2,1-3H3,(H,33,39)(H,34,38). The third kappa shape index (κ3) is 8.24. The van der Waals surface area contributed by atoms with Crippen molar-refractivity contribution >= 4 is 34.5 Å². The molecule has 0 spiro atoms. The van der Waals surface area contributed by atoms with Crippen LogP contribution in [0, 0.1) is 5.41 Å². The number of carbonyl (C=O) groups is 4. The van der Waals surface area contributed by atoms with Crippen molar-refractivity contribution < 1.29 is 33.4 Å². The summed E-state index contributed by atoms with van der Waals surface area (Å²) in [5.74, 6) is -1.57. The summed E-state index contributed by atoms with van der Waals surface area (Å²) in [5, 5.41) is 10.4. The fraction of sp³-hybridized carbons (Fsp3) is 0.438. The largest absolute Gasteiger partial charge is 0.484 e. The molecular weight excluding hydrogens is 582 g/mol. The minimum Gasteiger partial charge on any atom is -0.484 e. The Balaban J connectivity index is 1.69. The van der Waals surface area contributed by atoms with Gasteiger partial charge in [0.1, 0.15) is 5.75 Å². The third-order valence-electron chi connectivity index (χ3n) is 7.63. The molecule has 4 rings (SSSR count). The maximum absolute atomic E-state index is 13.9. The van der Waals surface area contributed by atoms with Crippen LogP contribution in [-0.4, -0.2) is 91.5 Å². The zero-order chi connectivity index (χ0) is 32.4. The second kappa shape index (κ2) is 15.3. The number of aromatic nitrogens is 2. The van der Waals surface area contributed by atoms with Crippen molar-refractivity contribution in [2.45, 2.75) is 26.2 Å². The molecule has 0 aliphatic carbocycles. The molecule has 2 N–H and O–H groups in total. The number of rotatable bonds is 7. The zero-order valence-corrected chi connectivity index (χ0v) is 25.8. The Bertz CT molecular complexity index is 1610. The highest BCUT2D eigenvalue weighted by Gasteiger charge is 2.40. The third-order valence-corrected chi connectivity index (χ3v) is 7.63. The Morgan fingerprint density at radius 1 is 1.04 bits per heavy atom. The van der Waals surface area contributed by atoms with Crippen LogP contribution in [0.15, 0.2) is 53.3 Å². The number of aryl methyl sites for hydroxylation is 1. The first-order chi connectivity index (χ1) is 21.7. The topological polar surface area (TPSA) is 158 Å². The highest BCUT2D eigenvalue weighted by Crippen LogP contribution is 2.32. The van der Waals surface area contributed by atoms with Gasteiger partial charge in [-0.25, -0.2) is 4.68 Å². The number of esters is 1. The van der Waals surface area contributed by atoms with E-state index < -0.39 is 35.7 Å². The number of hydrogen-bond donors (Lipinski definition) is 2. The van der Waals surface area contributed by atoms with E-state index in [1.807, 2.05) is 6.07 Å². The van der Waals surface area contributed by atoms with E-state index in [2.05, 4.69) is 15.7 Å².